The Hall–Kier alpha value is -1.28. The molecule has 1 aliphatic rings. The van der Waals surface area contributed by atoms with E-state index in [9.17, 15) is 14.4 Å². The van der Waals surface area contributed by atoms with Crippen molar-refractivity contribution in [3.05, 3.63) is 0 Å². The van der Waals surface area contributed by atoms with Crippen LogP contribution in [0.5, 0.6) is 0 Å². The van der Waals surface area contributed by atoms with Gasteiger partial charge in [0.05, 0.1) is 5.75 Å². The first-order valence-electron chi connectivity index (χ1n) is 6.11. The van der Waals surface area contributed by atoms with E-state index in [-0.39, 0.29) is 48.0 Å². The van der Waals surface area contributed by atoms with Crippen LogP contribution in [-0.2, 0) is 14.4 Å². The third-order valence-electron chi connectivity index (χ3n) is 2.39. The zero-order valence-corrected chi connectivity index (χ0v) is 11.9. The van der Waals surface area contributed by atoms with Crippen molar-refractivity contribution in [1.82, 2.24) is 16.0 Å². The summed E-state index contributed by atoms with van der Waals surface area (Å²) in [6.45, 7) is 3.76. The highest BCUT2D eigenvalue weighted by Crippen LogP contribution is 2.13. The fourth-order valence-corrected chi connectivity index (χ4v) is 2.63. The molecule has 3 amide bonds. The summed E-state index contributed by atoms with van der Waals surface area (Å²) in [5.41, 5.74) is 4.74. The molecule has 0 aliphatic carbocycles. The van der Waals surface area contributed by atoms with E-state index in [1.165, 1.54) is 11.8 Å². The van der Waals surface area contributed by atoms with Crippen LogP contribution in [0.4, 0.5) is 0 Å². The lowest BCUT2D eigenvalue weighted by atomic mass is 10.1. The number of hydrogen-bond acceptors (Lipinski definition) is 5. The van der Waals surface area contributed by atoms with Gasteiger partial charge in [0.15, 0.2) is 0 Å². The number of amides is 3. The summed E-state index contributed by atoms with van der Waals surface area (Å²) in [5.74, 6) is -0.451. The van der Waals surface area contributed by atoms with Gasteiger partial charge in [-0.3, -0.25) is 19.7 Å². The molecule has 108 valence electrons. The molecule has 19 heavy (non-hydrogen) atoms. The van der Waals surface area contributed by atoms with Crippen LogP contribution in [0.2, 0.25) is 0 Å². The first kappa shape index (κ1) is 15.8. The maximum absolute atomic E-state index is 11.5. The minimum atomic E-state index is -0.450. The Balaban J connectivity index is 2.38. The second-order valence-electron chi connectivity index (χ2n) is 4.72. The highest BCUT2D eigenvalue weighted by atomic mass is 32.2. The number of nitrogens with two attached hydrogens (primary N) is 1. The van der Waals surface area contributed by atoms with Gasteiger partial charge in [0.1, 0.15) is 5.50 Å². The SMILES string of the molecule is CC(C)NC(=O)CSC1NC(=O)CC(CC(N)=O)N1. The predicted octanol–water partition coefficient (Wildman–Crippen LogP) is -1.12. The smallest absolute Gasteiger partial charge is 0.230 e. The van der Waals surface area contributed by atoms with Crippen LogP contribution in [0, 0.1) is 0 Å². The molecule has 8 heteroatoms. The Morgan fingerprint density at radius 1 is 1.53 bits per heavy atom. The first-order chi connectivity index (χ1) is 8.86. The predicted molar refractivity (Wildman–Crippen MR) is 73.0 cm³/mol. The van der Waals surface area contributed by atoms with E-state index < -0.39 is 5.91 Å². The molecule has 0 spiro atoms. The third-order valence-corrected chi connectivity index (χ3v) is 3.41. The van der Waals surface area contributed by atoms with Crippen molar-refractivity contribution in [3.63, 3.8) is 0 Å². The molecule has 1 rings (SSSR count). The average molecular weight is 288 g/mol. The zero-order chi connectivity index (χ0) is 14.4. The number of primary amides is 1. The molecule has 1 fully saturated rings. The highest BCUT2D eigenvalue weighted by Gasteiger charge is 2.27. The summed E-state index contributed by atoms with van der Waals surface area (Å²) in [6, 6.07) is -0.179. The molecular formula is C11H20N4O3S. The number of thioether (sulfide) groups is 1. The lowest BCUT2D eigenvalue weighted by Gasteiger charge is -2.30. The van der Waals surface area contributed by atoms with Crippen LogP contribution in [-0.4, -0.2) is 41.1 Å². The number of carbonyl (C=O) groups is 3. The van der Waals surface area contributed by atoms with E-state index in [2.05, 4.69) is 16.0 Å². The van der Waals surface area contributed by atoms with Crippen LogP contribution in [0.15, 0.2) is 0 Å². The van der Waals surface area contributed by atoms with Crippen molar-refractivity contribution in [2.24, 2.45) is 5.73 Å². The minimum absolute atomic E-state index is 0.0876. The third kappa shape index (κ3) is 6.44. The molecule has 0 aromatic rings. The highest BCUT2D eigenvalue weighted by molar-refractivity contribution is 8.00. The Bertz CT molecular complexity index is 360. The summed E-state index contributed by atoms with van der Waals surface area (Å²) < 4.78 is 0. The quantitative estimate of drug-likeness (QED) is 0.494. The Labute approximate surface area is 116 Å². The van der Waals surface area contributed by atoms with Crippen molar-refractivity contribution >= 4 is 29.5 Å². The van der Waals surface area contributed by atoms with Gasteiger partial charge in [-0.2, -0.15) is 0 Å². The van der Waals surface area contributed by atoms with Gasteiger partial charge in [0.25, 0.3) is 0 Å². The van der Waals surface area contributed by atoms with E-state index in [1.807, 2.05) is 13.8 Å². The topological polar surface area (TPSA) is 113 Å². The van der Waals surface area contributed by atoms with Gasteiger partial charge in [0, 0.05) is 24.9 Å². The van der Waals surface area contributed by atoms with Crippen molar-refractivity contribution in [1.29, 1.82) is 0 Å². The molecule has 7 nitrogen and oxygen atoms in total. The molecule has 0 bridgehead atoms. The fourth-order valence-electron chi connectivity index (χ4n) is 1.73. The molecule has 1 saturated heterocycles. The van der Waals surface area contributed by atoms with Crippen molar-refractivity contribution in [2.45, 2.75) is 44.3 Å². The van der Waals surface area contributed by atoms with Gasteiger partial charge in [-0.1, -0.05) is 0 Å². The molecular weight excluding hydrogens is 268 g/mol. The monoisotopic (exact) mass is 288 g/mol. The second-order valence-corrected chi connectivity index (χ2v) is 5.81. The molecule has 1 heterocycles. The molecule has 0 aromatic carbocycles. The molecule has 2 atom stereocenters. The Morgan fingerprint density at radius 2 is 2.21 bits per heavy atom. The lowest BCUT2D eigenvalue weighted by Crippen LogP contribution is -2.55. The average Bonchev–Trinajstić information content (AvgIpc) is 2.23. The number of hydrogen-bond donors (Lipinski definition) is 4. The molecule has 0 radical (unpaired) electrons. The Kier molecular flexibility index (Phi) is 6.10. The maximum Gasteiger partial charge on any atom is 0.230 e. The zero-order valence-electron chi connectivity index (χ0n) is 11.1. The first-order valence-corrected chi connectivity index (χ1v) is 7.16. The number of nitrogens with one attached hydrogen (secondary N) is 3. The second kappa shape index (κ2) is 7.34. The standard InChI is InChI=1S/C11H20N4O3S/c1-6(2)13-10(18)5-19-11-14-7(3-8(12)16)4-9(17)15-11/h6-7,11,14H,3-5H2,1-2H3,(H2,12,16)(H,13,18)(H,15,17). The van der Waals surface area contributed by atoms with Gasteiger partial charge < -0.3 is 16.4 Å². The molecule has 0 aromatic heterocycles. The summed E-state index contributed by atoms with van der Waals surface area (Å²) in [7, 11) is 0. The fraction of sp³-hybridized carbons (Fsp3) is 0.727. The van der Waals surface area contributed by atoms with Gasteiger partial charge in [0.2, 0.25) is 17.7 Å². The molecule has 2 unspecified atom stereocenters. The van der Waals surface area contributed by atoms with Crippen LogP contribution in [0.3, 0.4) is 0 Å². The maximum atomic E-state index is 11.5. The van der Waals surface area contributed by atoms with Crippen molar-refractivity contribution in [3.8, 4) is 0 Å². The van der Waals surface area contributed by atoms with Crippen LogP contribution >= 0.6 is 11.8 Å². The van der Waals surface area contributed by atoms with E-state index in [0.717, 1.165) is 0 Å². The summed E-state index contributed by atoms with van der Waals surface area (Å²) in [5, 5.41) is 8.55. The largest absolute Gasteiger partial charge is 0.370 e. The normalized spacial score (nSPS) is 23.0. The summed E-state index contributed by atoms with van der Waals surface area (Å²) in [4.78, 5) is 33.8. The minimum Gasteiger partial charge on any atom is -0.370 e. The van der Waals surface area contributed by atoms with Crippen LogP contribution in [0.1, 0.15) is 26.7 Å². The van der Waals surface area contributed by atoms with Crippen LogP contribution in [0.25, 0.3) is 0 Å². The van der Waals surface area contributed by atoms with E-state index in [0.29, 0.717) is 0 Å². The lowest BCUT2D eigenvalue weighted by molar-refractivity contribution is -0.124. The number of carbonyl (C=O) groups excluding carboxylic acids is 3. The van der Waals surface area contributed by atoms with Crippen LogP contribution < -0.4 is 21.7 Å². The summed E-state index contributed by atoms with van der Waals surface area (Å²) >= 11 is 1.27. The molecule has 1 aliphatic heterocycles. The summed E-state index contributed by atoms with van der Waals surface area (Å²) in [6.07, 6.45) is 0.334. The van der Waals surface area contributed by atoms with E-state index in [4.69, 9.17) is 5.73 Å². The van der Waals surface area contributed by atoms with Gasteiger partial charge in [-0.05, 0) is 13.8 Å². The van der Waals surface area contributed by atoms with Gasteiger partial charge in [-0.15, -0.1) is 11.8 Å². The van der Waals surface area contributed by atoms with E-state index in [1.54, 1.807) is 0 Å². The van der Waals surface area contributed by atoms with Crippen molar-refractivity contribution < 1.29 is 14.4 Å². The number of rotatable bonds is 6. The molecule has 0 saturated carbocycles. The Morgan fingerprint density at radius 3 is 2.79 bits per heavy atom. The van der Waals surface area contributed by atoms with Gasteiger partial charge in [-0.25, -0.2) is 0 Å². The van der Waals surface area contributed by atoms with E-state index >= 15 is 0 Å². The van der Waals surface area contributed by atoms with Gasteiger partial charge >= 0.3 is 0 Å². The van der Waals surface area contributed by atoms with Crippen molar-refractivity contribution in [2.75, 3.05) is 5.75 Å². The molecule has 5 N–H and O–H groups in total.